The van der Waals surface area contributed by atoms with Gasteiger partial charge < -0.3 is 15.2 Å². The quantitative estimate of drug-likeness (QED) is 0.660. The second-order valence-corrected chi connectivity index (χ2v) is 4.45. The van der Waals surface area contributed by atoms with Gasteiger partial charge in [-0.25, -0.2) is 9.78 Å². The lowest BCUT2D eigenvalue weighted by Gasteiger charge is -2.03. The smallest absolute Gasteiger partial charge is 0.365 e. The van der Waals surface area contributed by atoms with Gasteiger partial charge >= 0.3 is 5.97 Å². The van der Waals surface area contributed by atoms with Gasteiger partial charge in [0.05, 0.1) is 5.69 Å². The lowest BCUT2D eigenvalue weighted by molar-refractivity contribution is 0.0696. The minimum atomic E-state index is -0.964. The van der Waals surface area contributed by atoms with Crippen molar-refractivity contribution in [1.29, 1.82) is 0 Å². The van der Waals surface area contributed by atoms with Crippen LogP contribution in [0.15, 0.2) is 5.38 Å². The van der Waals surface area contributed by atoms with Crippen molar-refractivity contribution in [2.75, 3.05) is 19.8 Å². The zero-order valence-electron chi connectivity index (χ0n) is 9.94. The Morgan fingerprint density at radius 1 is 1.59 bits per heavy atom. The number of carbonyl (C=O) groups is 1. The molecule has 0 aliphatic rings. The summed E-state index contributed by atoms with van der Waals surface area (Å²) in [6, 6.07) is 0. The highest BCUT2D eigenvalue weighted by Gasteiger charge is 2.07. The molecule has 0 bridgehead atoms. The van der Waals surface area contributed by atoms with Crippen molar-refractivity contribution in [2.24, 2.45) is 0 Å². The highest BCUT2D eigenvalue weighted by Crippen LogP contribution is 2.09. The Balaban J connectivity index is 2.07. The van der Waals surface area contributed by atoms with E-state index in [1.807, 2.05) is 0 Å². The normalized spacial score (nSPS) is 10.6. The van der Waals surface area contributed by atoms with Crippen LogP contribution in [0, 0.1) is 0 Å². The van der Waals surface area contributed by atoms with E-state index in [-0.39, 0.29) is 5.01 Å². The average Bonchev–Trinajstić information content (AvgIpc) is 2.77. The number of ether oxygens (including phenoxy) is 1. The molecule has 0 fully saturated rings. The second kappa shape index (κ2) is 8.16. The molecule has 2 N–H and O–H groups in total. The van der Waals surface area contributed by atoms with Gasteiger partial charge in [-0.2, -0.15) is 0 Å². The molecule has 0 aromatic carbocycles. The van der Waals surface area contributed by atoms with Crippen molar-refractivity contribution in [2.45, 2.75) is 26.3 Å². The minimum absolute atomic E-state index is 0.146. The lowest BCUT2D eigenvalue weighted by atomic mass is 10.4. The summed E-state index contributed by atoms with van der Waals surface area (Å²) >= 11 is 1.16. The molecule has 1 rings (SSSR count). The molecule has 0 spiro atoms. The molecule has 0 aliphatic carbocycles. The van der Waals surface area contributed by atoms with Crippen molar-refractivity contribution in [3.8, 4) is 0 Å². The Labute approximate surface area is 105 Å². The summed E-state index contributed by atoms with van der Waals surface area (Å²) in [5.74, 6) is -0.964. The fourth-order valence-electron chi connectivity index (χ4n) is 1.25. The van der Waals surface area contributed by atoms with Crippen LogP contribution in [0.25, 0.3) is 0 Å². The number of thiazole rings is 1. The first kappa shape index (κ1) is 14.1. The number of carboxylic acids is 1. The van der Waals surface area contributed by atoms with Crippen molar-refractivity contribution >= 4 is 17.3 Å². The van der Waals surface area contributed by atoms with Crippen LogP contribution in [-0.4, -0.2) is 35.8 Å². The van der Waals surface area contributed by atoms with Gasteiger partial charge in [0.25, 0.3) is 0 Å². The van der Waals surface area contributed by atoms with Gasteiger partial charge in [-0.15, -0.1) is 11.3 Å². The van der Waals surface area contributed by atoms with E-state index < -0.39 is 5.97 Å². The Hall–Kier alpha value is -0.980. The molecular formula is C11H18N2O3S. The van der Waals surface area contributed by atoms with Crippen molar-refractivity contribution < 1.29 is 14.6 Å². The van der Waals surface area contributed by atoms with Gasteiger partial charge in [0, 0.05) is 25.1 Å². The molecule has 0 saturated carbocycles. The standard InChI is InChI=1S/C11H18N2O3S/c1-2-5-16-6-3-4-12-7-9-8-17-10(13-9)11(14)15/h8,12H,2-7H2,1H3,(H,14,15). The van der Waals surface area contributed by atoms with Gasteiger partial charge in [0.1, 0.15) is 0 Å². The Morgan fingerprint density at radius 3 is 3.06 bits per heavy atom. The fraction of sp³-hybridized carbons (Fsp3) is 0.636. The van der Waals surface area contributed by atoms with Gasteiger partial charge in [0.15, 0.2) is 0 Å². The predicted molar refractivity (Wildman–Crippen MR) is 66.5 cm³/mol. The third kappa shape index (κ3) is 5.76. The van der Waals surface area contributed by atoms with E-state index in [1.165, 1.54) is 0 Å². The second-order valence-electron chi connectivity index (χ2n) is 3.59. The first-order chi connectivity index (χ1) is 8.24. The van der Waals surface area contributed by atoms with E-state index in [0.717, 1.165) is 49.6 Å². The first-order valence-electron chi connectivity index (χ1n) is 5.70. The summed E-state index contributed by atoms with van der Waals surface area (Å²) in [5.41, 5.74) is 0.780. The van der Waals surface area contributed by atoms with Crippen molar-refractivity contribution in [1.82, 2.24) is 10.3 Å². The number of carboxylic acid groups (broad SMARTS) is 1. The Kier molecular flexibility index (Phi) is 6.76. The largest absolute Gasteiger partial charge is 0.476 e. The van der Waals surface area contributed by atoms with Crippen LogP contribution in [0.4, 0.5) is 0 Å². The van der Waals surface area contributed by atoms with Crippen LogP contribution < -0.4 is 5.32 Å². The van der Waals surface area contributed by atoms with Gasteiger partial charge in [-0.05, 0) is 19.4 Å². The van der Waals surface area contributed by atoms with Gasteiger partial charge in [0.2, 0.25) is 5.01 Å². The molecule has 1 aromatic rings. The van der Waals surface area contributed by atoms with E-state index in [1.54, 1.807) is 5.38 Å². The molecule has 0 saturated heterocycles. The highest BCUT2D eigenvalue weighted by molar-refractivity contribution is 7.11. The summed E-state index contributed by atoms with van der Waals surface area (Å²) in [7, 11) is 0. The van der Waals surface area contributed by atoms with Crippen LogP contribution in [0.1, 0.15) is 35.3 Å². The van der Waals surface area contributed by atoms with Crippen LogP contribution in [0.2, 0.25) is 0 Å². The molecule has 0 radical (unpaired) electrons. The van der Waals surface area contributed by atoms with E-state index in [2.05, 4.69) is 17.2 Å². The number of nitrogens with one attached hydrogen (secondary N) is 1. The Morgan fingerprint density at radius 2 is 2.41 bits per heavy atom. The van der Waals surface area contributed by atoms with Crippen molar-refractivity contribution in [3.05, 3.63) is 16.1 Å². The number of aromatic carboxylic acids is 1. The molecule has 17 heavy (non-hydrogen) atoms. The maximum absolute atomic E-state index is 10.6. The number of rotatable bonds is 9. The Bertz CT molecular complexity index is 341. The van der Waals surface area contributed by atoms with E-state index in [4.69, 9.17) is 9.84 Å². The number of aromatic nitrogens is 1. The molecule has 0 aliphatic heterocycles. The maximum atomic E-state index is 10.6. The third-order valence-corrected chi connectivity index (χ3v) is 2.91. The topological polar surface area (TPSA) is 71.5 Å². The molecule has 0 atom stereocenters. The van der Waals surface area contributed by atoms with Crippen LogP contribution in [0.5, 0.6) is 0 Å². The summed E-state index contributed by atoms with van der Waals surface area (Å²) in [6.07, 6.45) is 2.00. The summed E-state index contributed by atoms with van der Waals surface area (Å²) < 4.78 is 5.34. The highest BCUT2D eigenvalue weighted by atomic mass is 32.1. The number of hydrogen-bond donors (Lipinski definition) is 2. The minimum Gasteiger partial charge on any atom is -0.476 e. The maximum Gasteiger partial charge on any atom is 0.365 e. The third-order valence-electron chi connectivity index (χ3n) is 2.03. The number of nitrogens with zero attached hydrogens (tertiary/aromatic N) is 1. The fourth-order valence-corrected chi connectivity index (χ4v) is 1.90. The summed E-state index contributed by atoms with van der Waals surface area (Å²) in [6.45, 7) is 5.12. The molecule has 5 nitrogen and oxygen atoms in total. The molecular weight excluding hydrogens is 240 g/mol. The van der Waals surface area contributed by atoms with Crippen LogP contribution in [0.3, 0.4) is 0 Å². The summed E-state index contributed by atoms with van der Waals surface area (Å²) in [4.78, 5) is 14.6. The van der Waals surface area contributed by atoms with Gasteiger partial charge in [-0.3, -0.25) is 0 Å². The van der Waals surface area contributed by atoms with E-state index >= 15 is 0 Å². The molecule has 1 aromatic heterocycles. The zero-order chi connectivity index (χ0) is 12.5. The molecule has 96 valence electrons. The first-order valence-corrected chi connectivity index (χ1v) is 6.58. The zero-order valence-corrected chi connectivity index (χ0v) is 10.8. The SMILES string of the molecule is CCCOCCCNCc1csc(C(=O)O)n1. The summed E-state index contributed by atoms with van der Waals surface area (Å²) in [5, 5.41) is 13.8. The number of hydrogen-bond acceptors (Lipinski definition) is 5. The molecule has 6 heteroatoms. The molecule has 0 amide bonds. The molecule has 0 unspecified atom stereocenters. The van der Waals surface area contributed by atoms with Crippen molar-refractivity contribution in [3.63, 3.8) is 0 Å². The van der Waals surface area contributed by atoms with E-state index in [9.17, 15) is 4.79 Å². The average molecular weight is 258 g/mol. The van der Waals surface area contributed by atoms with Gasteiger partial charge in [-0.1, -0.05) is 6.92 Å². The predicted octanol–water partition coefficient (Wildman–Crippen LogP) is 1.75. The van der Waals surface area contributed by atoms with E-state index in [0.29, 0.717) is 6.54 Å². The van der Waals surface area contributed by atoms with Crippen LogP contribution in [-0.2, 0) is 11.3 Å². The molecule has 1 heterocycles. The lowest BCUT2D eigenvalue weighted by Crippen LogP contribution is -2.16. The monoisotopic (exact) mass is 258 g/mol. The van der Waals surface area contributed by atoms with Crippen LogP contribution >= 0.6 is 11.3 Å².